The number of carbonyl (C=O) groups excluding carboxylic acids is 1. The number of nitrogens with zero attached hydrogens (tertiary/aromatic N) is 1. The fourth-order valence-corrected chi connectivity index (χ4v) is 3.84. The molecule has 1 N–H and O–H groups in total. The molecule has 2 rings (SSSR count). The lowest BCUT2D eigenvalue weighted by Crippen LogP contribution is -2.36. The summed E-state index contributed by atoms with van der Waals surface area (Å²) in [6, 6.07) is 0. The van der Waals surface area contributed by atoms with E-state index in [1.807, 2.05) is 0 Å². The number of H-pyrrole nitrogens is 1. The van der Waals surface area contributed by atoms with Crippen molar-refractivity contribution < 1.29 is 36.9 Å². The number of carbonyl (C=O) groups is 1. The van der Waals surface area contributed by atoms with Crippen LogP contribution in [0.3, 0.4) is 0 Å². The topological polar surface area (TPSA) is 109 Å². The molecule has 1 aliphatic rings. The molecule has 0 amide bonds. The number of hydrogen-bond donors (Lipinski definition) is 1. The zero-order valence-corrected chi connectivity index (χ0v) is 20.3. The second kappa shape index (κ2) is 14.7. The Morgan fingerprint density at radius 3 is 2.47 bits per heavy atom. The quantitative estimate of drug-likeness (QED) is 0.224. The van der Waals surface area contributed by atoms with Gasteiger partial charge in [-0.25, -0.2) is 9.59 Å². The molecule has 1 fully saturated rings. The van der Waals surface area contributed by atoms with E-state index in [1.165, 1.54) is 25.7 Å². The third-order valence-corrected chi connectivity index (χ3v) is 5.73. The number of alkyl halides is 3. The second-order valence-electron chi connectivity index (χ2n) is 8.51. The van der Waals surface area contributed by atoms with Gasteiger partial charge in [0.05, 0.1) is 12.7 Å². The summed E-state index contributed by atoms with van der Waals surface area (Å²) >= 11 is 0. The van der Waals surface area contributed by atoms with Crippen molar-refractivity contribution in [3.63, 3.8) is 0 Å². The summed E-state index contributed by atoms with van der Waals surface area (Å²) in [5.74, 6) is 2.27. The van der Waals surface area contributed by atoms with E-state index in [1.54, 1.807) is 4.98 Å². The lowest BCUT2D eigenvalue weighted by molar-refractivity contribution is -0.139. The van der Waals surface area contributed by atoms with Gasteiger partial charge in [-0.3, -0.25) is 14.3 Å². The minimum absolute atomic E-state index is 0.0632. The number of aromatic amines is 1. The molecule has 9 nitrogen and oxygen atoms in total. The van der Waals surface area contributed by atoms with Gasteiger partial charge in [0, 0.05) is 12.6 Å². The zero-order valence-electron chi connectivity index (χ0n) is 20.3. The molecule has 0 spiro atoms. The maximum atomic E-state index is 13.1. The highest BCUT2D eigenvalue weighted by molar-refractivity contribution is 5.59. The Hall–Kier alpha value is -2.78. The Bertz CT molecular complexity index is 984. The van der Waals surface area contributed by atoms with E-state index in [9.17, 15) is 27.6 Å². The molecule has 0 aromatic carbocycles. The SMILES string of the molecule is C#CCO[C@H]1C[C@H](n2cc(C(F)(F)F)c(=O)[nH]c2=O)O[C@@H]1COC(=O)OCCCCCCCCCC. The van der Waals surface area contributed by atoms with Crippen molar-refractivity contribution in [3.8, 4) is 12.3 Å². The molecular weight excluding hydrogens is 485 g/mol. The summed E-state index contributed by atoms with van der Waals surface area (Å²) in [5.41, 5.74) is -4.18. The van der Waals surface area contributed by atoms with Crippen LogP contribution in [0.1, 0.15) is 76.5 Å². The number of aromatic nitrogens is 2. The number of unbranched alkanes of at least 4 members (excludes halogenated alkanes) is 7. The van der Waals surface area contributed by atoms with Crippen molar-refractivity contribution in [2.75, 3.05) is 19.8 Å². The normalized spacial score (nSPS) is 19.7. The Kier molecular flexibility index (Phi) is 12.0. The molecule has 12 heteroatoms. The van der Waals surface area contributed by atoms with Crippen LogP contribution in [0.5, 0.6) is 0 Å². The summed E-state index contributed by atoms with van der Waals surface area (Å²) in [6.45, 7) is 1.91. The van der Waals surface area contributed by atoms with Crippen molar-refractivity contribution >= 4 is 6.16 Å². The average molecular weight is 519 g/mol. The maximum absolute atomic E-state index is 13.1. The van der Waals surface area contributed by atoms with Crippen LogP contribution in [0.4, 0.5) is 18.0 Å². The van der Waals surface area contributed by atoms with Gasteiger partial charge >= 0.3 is 18.0 Å². The van der Waals surface area contributed by atoms with Gasteiger partial charge < -0.3 is 18.9 Å². The molecule has 1 aromatic heterocycles. The van der Waals surface area contributed by atoms with Crippen LogP contribution in [-0.4, -0.2) is 47.7 Å². The Balaban J connectivity index is 1.87. The molecule has 3 atom stereocenters. The van der Waals surface area contributed by atoms with E-state index in [0.29, 0.717) is 17.2 Å². The van der Waals surface area contributed by atoms with Crippen molar-refractivity contribution in [1.82, 2.24) is 9.55 Å². The Morgan fingerprint density at radius 2 is 1.83 bits per heavy atom. The fraction of sp³-hybridized carbons (Fsp3) is 0.708. The first-order chi connectivity index (χ1) is 17.2. The maximum Gasteiger partial charge on any atom is 0.508 e. The van der Waals surface area contributed by atoms with E-state index < -0.39 is 47.6 Å². The molecule has 1 aliphatic heterocycles. The molecular formula is C24H33F3N2O7. The van der Waals surface area contributed by atoms with Crippen LogP contribution >= 0.6 is 0 Å². The van der Waals surface area contributed by atoms with Gasteiger partial charge in [-0.05, 0) is 6.42 Å². The second-order valence-corrected chi connectivity index (χ2v) is 8.51. The highest BCUT2D eigenvalue weighted by Crippen LogP contribution is 2.32. The van der Waals surface area contributed by atoms with E-state index in [0.717, 1.165) is 19.3 Å². The van der Waals surface area contributed by atoms with E-state index in [4.69, 9.17) is 25.4 Å². The molecule has 1 saturated heterocycles. The highest BCUT2D eigenvalue weighted by Gasteiger charge is 2.40. The lowest BCUT2D eigenvalue weighted by atomic mass is 10.1. The number of terminal acetylenes is 1. The highest BCUT2D eigenvalue weighted by atomic mass is 19.4. The smallest absolute Gasteiger partial charge is 0.434 e. The van der Waals surface area contributed by atoms with E-state index in [-0.39, 0.29) is 26.2 Å². The van der Waals surface area contributed by atoms with Gasteiger partial charge in [-0.1, -0.05) is 57.8 Å². The summed E-state index contributed by atoms with van der Waals surface area (Å²) in [5, 5.41) is 0. The predicted octanol–water partition coefficient (Wildman–Crippen LogP) is 4.16. The number of rotatable bonds is 14. The van der Waals surface area contributed by atoms with Crippen LogP contribution in [0.15, 0.2) is 15.8 Å². The molecule has 0 unspecified atom stereocenters. The first kappa shape index (κ1) is 29.5. The van der Waals surface area contributed by atoms with Gasteiger partial charge in [0.1, 0.15) is 31.1 Å². The van der Waals surface area contributed by atoms with Gasteiger partial charge in [0.15, 0.2) is 0 Å². The van der Waals surface area contributed by atoms with Gasteiger partial charge in [0.25, 0.3) is 5.56 Å². The zero-order chi connectivity index (χ0) is 26.6. The molecule has 1 aromatic rings. The summed E-state index contributed by atoms with van der Waals surface area (Å²) in [7, 11) is 0. The van der Waals surface area contributed by atoms with Crippen LogP contribution in [0.2, 0.25) is 0 Å². The van der Waals surface area contributed by atoms with Crippen LogP contribution in [0.25, 0.3) is 0 Å². The predicted molar refractivity (Wildman–Crippen MR) is 123 cm³/mol. The van der Waals surface area contributed by atoms with Gasteiger partial charge in [-0.2, -0.15) is 13.2 Å². The number of ether oxygens (including phenoxy) is 4. The molecule has 0 saturated carbocycles. The third kappa shape index (κ3) is 9.35. The van der Waals surface area contributed by atoms with Crippen LogP contribution < -0.4 is 11.2 Å². The number of nitrogens with one attached hydrogen (secondary N) is 1. The molecule has 0 bridgehead atoms. The van der Waals surface area contributed by atoms with E-state index in [2.05, 4.69) is 12.8 Å². The molecule has 0 aliphatic carbocycles. The summed E-state index contributed by atoms with van der Waals surface area (Å²) in [4.78, 5) is 37.3. The Labute approximate surface area is 207 Å². The lowest BCUT2D eigenvalue weighted by Gasteiger charge is -2.18. The van der Waals surface area contributed by atoms with E-state index >= 15 is 0 Å². The van der Waals surface area contributed by atoms with Crippen molar-refractivity contribution in [3.05, 3.63) is 32.6 Å². The minimum Gasteiger partial charge on any atom is -0.434 e. The van der Waals surface area contributed by atoms with Crippen LogP contribution in [0, 0.1) is 12.3 Å². The van der Waals surface area contributed by atoms with Gasteiger partial charge in [0.2, 0.25) is 0 Å². The standard InChI is InChI=1S/C24H33F3N2O7/c1-3-5-6-7-8-9-10-11-13-34-23(32)35-16-19-18(33-12-4-2)14-20(36-19)29-15-17(24(25,26)27)21(30)28-22(29)31/h2,15,18-20H,3,5-14,16H2,1H3,(H,28,30,31)/t18-,19+,20+/m0/s1. The molecule has 36 heavy (non-hydrogen) atoms. The number of halogens is 3. The molecule has 2 heterocycles. The van der Waals surface area contributed by atoms with Crippen molar-refractivity contribution in [2.45, 2.75) is 89.3 Å². The third-order valence-electron chi connectivity index (χ3n) is 5.73. The largest absolute Gasteiger partial charge is 0.508 e. The molecule has 202 valence electrons. The first-order valence-corrected chi connectivity index (χ1v) is 12.1. The average Bonchev–Trinajstić information content (AvgIpc) is 3.22. The number of hydrogen-bond acceptors (Lipinski definition) is 7. The minimum atomic E-state index is -4.97. The monoisotopic (exact) mass is 518 g/mol. The van der Waals surface area contributed by atoms with Gasteiger partial charge in [-0.15, -0.1) is 6.42 Å². The van der Waals surface area contributed by atoms with Crippen molar-refractivity contribution in [2.24, 2.45) is 0 Å². The summed E-state index contributed by atoms with van der Waals surface area (Å²) < 4.78 is 61.2. The first-order valence-electron chi connectivity index (χ1n) is 12.1. The fourth-order valence-electron chi connectivity index (χ4n) is 3.84. The summed E-state index contributed by atoms with van der Waals surface area (Å²) in [6.07, 6.45) is 5.46. The van der Waals surface area contributed by atoms with Crippen molar-refractivity contribution in [1.29, 1.82) is 0 Å². The molecule has 0 radical (unpaired) electrons. The Morgan fingerprint density at radius 1 is 1.17 bits per heavy atom. The van der Waals surface area contributed by atoms with Crippen LogP contribution in [-0.2, 0) is 25.1 Å².